The molecule has 0 aliphatic carbocycles. The van der Waals surface area contributed by atoms with Gasteiger partial charge in [-0.25, -0.2) is 0 Å². The Bertz CT molecular complexity index is 1200. The van der Waals surface area contributed by atoms with Crippen LogP contribution in [0.4, 0.5) is 0 Å². The molecule has 13 heteroatoms. The number of fused-ring (bicyclic) bond motifs is 2. The summed E-state index contributed by atoms with van der Waals surface area (Å²) in [4.78, 5) is 77.5. The molecule has 4 rings (SSSR count). The lowest BCUT2D eigenvalue weighted by Gasteiger charge is -2.61. The van der Waals surface area contributed by atoms with Crippen LogP contribution in [0.25, 0.3) is 0 Å². The molecule has 2 fully saturated rings. The summed E-state index contributed by atoms with van der Waals surface area (Å²) < 4.78 is 15.7. The number of nitrogens with zero attached hydrogens (tertiary/aromatic N) is 4. The molecular formula is C27H30N4O9. The first-order chi connectivity index (χ1) is 19.2. The van der Waals surface area contributed by atoms with E-state index in [0.717, 1.165) is 14.2 Å². The fourth-order valence-electron chi connectivity index (χ4n) is 6.25. The molecule has 2 unspecified atom stereocenters. The van der Waals surface area contributed by atoms with Crippen molar-refractivity contribution in [2.75, 3.05) is 34.4 Å². The predicted octanol–water partition coefficient (Wildman–Crippen LogP) is 0.772. The lowest BCUT2D eigenvalue weighted by Crippen LogP contribution is -2.76. The van der Waals surface area contributed by atoms with E-state index in [2.05, 4.69) is 9.97 Å². The highest BCUT2D eigenvalue weighted by Gasteiger charge is 2.75. The normalized spacial score (nSPS) is 27.3. The van der Waals surface area contributed by atoms with Gasteiger partial charge in [-0.15, -0.1) is 0 Å². The van der Waals surface area contributed by atoms with Gasteiger partial charge in [-0.3, -0.25) is 43.7 Å². The van der Waals surface area contributed by atoms with Crippen molar-refractivity contribution >= 4 is 30.2 Å². The summed E-state index contributed by atoms with van der Waals surface area (Å²) in [6.07, 6.45) is 1.29. The number of carbonyl (C=O) groups is 5. The number of aliphatic carboxylic acids is 1. The zero-order valence-electron chi connectivity index (χ0n) is 22.3. The smallest absolute Gasteiger partial charge is 0.322 e. The summed E-state index contributed by atoms with van der Waals surface area (Å²) >= 11 is 0. The zero-order valence-corrected chi connectivity index (χ0v) is 22.3. The predicted molar refractivity (Wildman–Crippen MR) is 135 cm³/mol. The van der Waals surface area contributed by atoms with E-state index in [1.807, 2.05) is 0 Å². The van der Waals surface area contributed by atoms with E-state index in [1.54, 1.807) is 48.3 Å². The van der Waals surface area contributed by atoms with Crippen LogP contribution >= 0.6 is 0 Å². The van der Waals surface area contributed by atoms with Gasteiger partial charge in [0.1, 0.15) is 0 Å². The molecule has 1 N–H and O–H groups in total. The second-order valence-corrected chi connectivity index (χ2v) is 9.76. The zero-order chi connectivity index (χ0) is 29.1. The van der Waals surface area contributed by atoms with Crippen LogP contribution in [-0.2, 0) is 38.2 Å². The van der Waals surface area contributed by atoms with Crippen LogP contribution in [0.15, 0.2) is 48.8 Å². The Morgan fingerprint density at radius 2 is 1.50 bits per heavy atom. The first kappa shape index (κ1) is 28.8. The Kier molecular flexibility index (Phi) is 8.26. The van der Waals surface area contributed by atoms with Crippen molar-refractivity contribution in [1.29, 1.82) is 0 Å². The molecule has 4 heterocycles. The third-order valence-corrected chi connectivity index (χ3v) is 7.72. The van der Waals surface area contributed by atoms with Crippen LogP contribution in [-0.4, -0.2) is 95.6 Å². The van der Waals surface area contributed by atoms with E-state index >= 15 is 0 Å². The lowest BCUT2D eigenvalue weighted by atomic mass is 9.54. The minimum absolute atomic E-state index is 0.160. The Balaban J connectivity index is 2.05. The third-order valence-electron chi connectivity index (χ3n) is 7.72. The highest BCUT2D eigenvalue weighted by atomic mass is 16.5. The SMILES string of the molecule is COC(=O)C12CN([C@@H](CCC(=O)O)OC=O)CC(C(=O)OC)(C1=O)[C@@H](c1ccccn1)N(C)[C@H]2c1ccccn1. The van der Waals surface area contributed by atoms with E-state index < -0.39 is 52.8 Å². The third kappa shape index (κ3) is 4.50. The maximum absolute atomic E-state index is 14.8. The average Bonchev–Trinajstić information content (AvgIpc) is 2.96. The summed E-state index contributed by atoms with van der Waals surface area (Å²) in [5.41, 5.74) is -3.40. The van der Waals surface area contributed by atoms with E-state index in [1.165, 1.54) is 17.3 Å². The number of hydrogen-bond acceptors (Lipinski definition) is 12. The molecule has 0 radical (unpaired) electrons. The minimum atomic E-state index is -2.05. The number of carbonyl (C=O) groups excluding carboxylic acids is 4. The van der Waals surface area contributed by atoms with Crippen molar-refractivity contribution < 1.29 is 43.3 Å². The maximum atomic E-state index is 14.8. The second-order valence-electron chi connectivity index (χ2n) is 9.76. The van der Waals surface area contributed by atoms with Crippen molar-refractivity contribution in [3.8, 4) is 0 Å². The van der Waals surface area contributed by atoms with Gasteiger partial charge in [0.25, 0.3) is 6.47 Å². The fourth-order valence-corrected chi connectivity index (χ4v) is 6.25. The molecule has 2 aromatic heterocycles. The number of Topliss-reactive ketones (excluding diaryl/α,β-unsaturated/α-hetero) is 1. The Hall–Kier alpha value is -4.23. The summed E-state index contributed by atoms with van der Waals surface area (Å²) in [6.45, 7) is -0.543. The van der Waals surface area contributed by atoms with Crippen molar-refractivity contribution in [3.63, 3.8) is 0 Å². The molecule has 2 aliphatic heterocycles. The van der Waals surface area contributed by atoms with Gasteiger partial charge in [-0.1, -0.05) is 12.1 Å². The van der Waals surface area contributed by atoms with Crippen LogP contribution in [0.2, 0.25) is 0 Å². The van der Waals surface area contributed by atoms with E-state index in [4.69, 9.17) is 14.2 Å². The number of methoxy groups -OCH3 is 2. The van der Waals surface area contributed by atoms with Gasteiger partial charge in [0.2, 0.25) is 0 Å². The molecule has 2 aliphatic rings. The van der Waals surface area contributed by atoms with Crippen molar-refractivity contribution in [2.45, 2.75) is 31.2 Å². The van der Waals surface area contributed by atoms with E-state index in [-0.39, 0.29) is 32.4 Å². The number of carboxylic acids is 1. The number of pyridine rings is 2. The second kappa shape index (κ2) is 11.5. The number of aromatic nitrogens is 2. The molecule has 0 aromatic carbocycles. The van der Waals surface area contributed by atoms with Gasteiger partial charge in [-0.2, -0.15) is 0 Å². The quantitative estimate of drug-likeness (QED) is 0.190. The van der Waals surface area contributed by atoms with Gasteiger partial charge in [0, 0.05) is 31.9 Å². The van der Waals surface area contributed by atoms with Crippen molar-refractivity contribution in [1.82, 2.24) is 19.8 Å². The van der Waals surface area contributed by atoms with E-state index in [9.17, 15) is 29.1 Å². The number of ketones is 1. The van der Waals surface area contributed by atoms with Gasteiger partial charge in [0.15, 0.2) is 22.8 Å². The number of hydrogen-bond donors (Lipinski definition) is 1. The van der Waals surface area contributed by atoms with Crippen LogP contribution < -0.4 is 0 Å². The van der Waals surface area contributed by atoms with Gasteiger partial charge >= 0.3 is 17.9 Å². The van der Waals surface area contributed by atoms with Crippen LogP contribution in [0.1, 0.15) is 36.3 Å². The summed E-state index contributed by atoms with van der Waals surface area (Å²) in [7, 11) is 3.93. The highest BCUT2D eigenvalue weighted by Crippen LogP contribution is 2.60. The first-order valence-electron chi connectivity index (χ1n) is 12.5. The first-order valence-corrected chi connectivity index (χ1v) is 12.5. The molecule has 0 saturated carbocycles. The summed E-state index contributed by atoms with van der Waals surface area (Å²) in [6, 6.07) is 7.97. The number of rotatable bonds is 10. The van der Waals surface area contributed by atoms with Gasteiger partial charge in [-0.05, 0) is 31.3 Å². The Labute approximate surface area is 230 Å². The molecule has 212 valence electrons. The molecule has 2 saturated heterocycles. The minimum Gasteiger partial charge on any atom is -0.481 e. The van der Waals surface area contributed by atoms with Gasteiger partial charge < -0.3 is 19.3 Å². The molecular weight excluding hydrogens is 524 g/mol. The van der Waals surface area contributed by atoms with Gasteiger partial charge in [0.05, 0.1) is 44.1 Å². The van der Waals surface area contributed by atoms with Crippen molar-refractivity contribution in [3.05, 3.63) is 60.2 Å². The number of carboxylic acid groups (broad SMARTS) is 1. The molecule has 0 spiro atoms. The highest BCUT2D eigenvalue weighted by molar-refractivity contribution is 6.17. The van der Waals surface area contributed by atoms with Crippen LogP contribution in [0.3, 0.4) is 0 Å². The summed E-state index contributed by atoms with van der Waals surface area (Å²) in [5.74, 6) is -3.75. The van der Waals surface area contributed by atoms with Crippen LogP contribution in [0.5, 0.6) is 0 Å². The molecule has 2 bridgehead atoms. The largest absolute Gasteiger partial charge is 0.481 e. The van der Waals surface area contributed by atoms with Crippen molar-refractivity contribution in [2.24, 2.45) is 10.8 Å². The average molecular weight is 555 g/mol. The number of piperidine rings is 2. The maximum Gasteiger partial charge on any atom is 0.322 e. The standard InChI is InChI=1S/C27H30N4O9/c1-30-21(17-8-4-6-12-28-17)26(24(36)38-2)14-31(19(40-16-32)10-11-20(33)34)15-27(23(26)35,25(37)39-3)22(30)18-9-5-7-13-29-18/h4-9,12-13,16,19,21-22H,10-11,14-15H2,1-3H3,(H,33,34)/t19-,21-,22+,26?,27?/m1/s1. The fraction of sp³-hybridized carbons (Fsp3) is 0.444. The number of ether oxygens (including phenoxy) is 3. The number of likely N-dealkylation sites (tertiary alicyclic amines) is 2. The Morgan fingerprint density at radius 3 is 1.88 bits per heavy atom. The molecule has 2 aromatic rings. The molecule has 40 heavy (non-hydrogen) atoms. The lowest BCUT2D eigenvalue weighted by molar-refractivity contribution is -0.213. The topological polar surface area (TPSA) is 166 Å². The van der Waals surface area contributed by atoms with Crippen LogP contribution in [0, 0.1) is 10.8 Å². The number of esters is 2. The molecule has 0 amide bonds. The summed E-state index contributed by atoms with van der Waals surface area (Å²) in [5, 5.41) is 9.31. The van der Waals surface area contributed by atoms with E-state index in [0.29, 0.717) is 11.4 Å². The monoisotopic (exact) mass is 554 g/mol. The molecule has 5 atom stereocenters. The Morgan fingerprint density at radius 1 is 1.00 bits per heavy atom. The molecule has 13 nitrogen and oxygen atoms in total.